The van der Waals surface area contributed by atoms with Gasteiger partial charge in [0.15, 0.2) is 0 Å². The second kappa shape index (κ2) is 6.87. The lowest BCUT2D eigenvalue weighted by Gasteiger charge is -2.28. The number of fused-ring (bicyclic) bond motifs is 1. The molecule has 1 N–H and O–H groups in total. The molecule has 0 fully saturated rings. The van der Waals surface area contributed by atoms with Crippen molar-refractivity contribution in [3.8, 4) is 0 Å². The van der Waals surface area contributed by atoms with E-state index in [0.29, 0.717) is 12.8 Å². The Bertz CT molecular complexity index is 742. The molecule has 0 bridgehead atoms. The Kier molecular flexibility index (Phi) is 4.65. The van der Waals surface area contributed by atoms with E-state index in [2.05, 4.69) is 5.32 Å². The van der Waals surface area contributed by atoms with E-state index in [0.717, 1.165) is 16.8 Å². The van der Waals surface area contributed by atoms with Gasteiger partial charge in [-0.1, -0.05) is 55.5 Å². The number of para-hydroxylation sites is 1. The number of hydrogen-bond acceptors (Lipinski definition) is 2. The molecule has 0 saturated heterocycles. The molecule has 1 aliphatic rings. The van der Waals surface area contributed by atoms with Crippen LogP contribution in [-0.4, -0.2) is 24.9 Å². The second-order valence-corrected chi connectivity index (χ2v) is 6.04. The summed E-state index contributed by atoms with van der Waals surface area (Å²) in [5.41, 5.74) is 2.89. The molecular weight excluding hydrogens is 300 g/mol. The van der Waals surface area contributed by atoms with Gasteiger partial charge in [-0.25, -0.2) is 0 Å². The summed E-state index contributed by atoms with van der Waals surface area (Å²) in [5.74, 6) is -0.380. The number of benzene rings is 2. The van der Waals surface area contributed by atoms with E-state index >= 15 is 0 Å². The Labute approximate surface area is 142 Å². The van der Waals surface area contributed by atoms with Crippen molar-refractivity contribution < 1.29 is 9.59 Å². The summed E-state index contributed by atoms with van der Waals surface area (Å²) >= 11 is 0. The fourth-order valence-corrected chi connectivity index (χ4v) is 3.44. The molecule has 0 saturated carbocycles. The second-order valence-electron chi connectivity index (χ2n) is 6.04. The fraction of sp³-hybridized carbons (Fsp3) is 0.300. The molecule has 2 aromatic carbocycles. The first kappa shape index (κ1) is 16.2. The van der Waals surface area contributed by atoms with Crippen molar-refractivity contribution in [3.05, 3.63) is 65.7 Å². The Morgan fingerprint density at radius 2 is 1.79 bits per heavy atom. The maximum atomic E-state index is 13.3. The van der Waals surface area contributed by atoms with Gasteiger partial charge in [-0.3, -0.25) is 14.5 Å². The van der Waals surface area contributed by atoms with Gasteiger partial charge in [-0.2, -0.15) is 0 Å². The van der Waals surface area contributed by atoms with Gasteiger partial charge in [0.1, 0.15) is 6.04 Å². The molecule has 2 amide bonds. The van der Waals surface area contributed by atoms with E-state index in [9.17, 15) is 9.59 Å². The highest BCUT2D eigenvalue weighted by atomic mass is 16.2. The predicted octanol–water partition coefficient (Wildman–Crippen LogP) is 2.88. The number of nitrogens with zero attached hydrogens (tertiary/aromatic N) is 1. The number of rotatable bonds is 4. The minimum absolute atomic E-state index is 0.0118. The van der Waals surface area contributed by atoms with E-state index in [1.165, 1.54) is 0 Å². The van der Waals surface area contributed by atoms with Crippen molar-refractivity contribution in [1.82, 2.24) is 5.32 Å². The quantitative estimate of drug-likeness (QED) is 0.941. The van der Waals surface area contributed by atoms with Crippen LogP contribution < -0.4 is 10.2 Å². The van der Waals surface area contributed by atoms with Crippen LogP contribution in [0.2, 0.25) is 0 Å². The Hall–Kier alpha value is -2.62. The molecule has 0 aromatic heterocycles. The molecule has 0 spiro atoms. The maximum Gasteiger partial charge on any atom is 0.243 e. The lowest BCUT2D eigenvalue weighted by atomic mass is 9.94. The predicted molar refractivity (Wildman–Crippen MR) is 95.0 cm³/mol. The zero-order valence-electron chi connectivity index (χ0n) is 14.0. The van der Waals surface area contributed by atoms with E-state index in [1.54, 1.807) is 11.9 Å². The molecule has 4 nitrogen and oxygen atoms in total. The minimum atomic E-state index is -0.474. The molecule has 2 unspecified atom stereocenters. The summed E-state index contributed by atoms with van der Waals surface area (Å²) in [4.78, 5) is 27.3. The van der Waals surface area contributed by atoms with Crippen molar-refractivity contribution in [2.75, 3.05) is 11.9 Å². The maximum absolute atomic E-state index is 13.3. The normalized spacial score (nSPS) is 17.2. The van der Waals surface area contributed by atoms with Crippen LogP contribution in [-0.2, 0) is 16.0 Å². The third kappa shape index (κ3) is 2.80. The van der Waals surface area contributed by atoms with Gasteiger partial charge < -0.3 is 5.32 Å². The van der Waals surface area contributed by atoms with Crippen LogP contribution in [0.25, 0.3) is 0 Å². The molecule has 124 valence electrons. The van der Waals surface area contributed by atoms with Crippen LogP contribution in [0.3, 0.4) is 0 Å². The molecular formula is C20H22N2O2. The summed E-state index contributed by atoms with van der Waals surface area (Å²) in [5, 5.41) is 2.69. The van der Waals surface area contributed by atoms with Crippen LogP contribution in [0.4, 0.5) is 5.69 Å². The highest BCUT2D eigenvalue weighted by Gasteiger charge is 2.40. The summed E-state index contributed by atoms with van der Waals surface area (Å²) in [6.07, 6.45) is 1.26. The van der Waals surface area contributed by atoms with Crippen molar-refractivity contribution in [1.29, 1.82) is 0 Å². The first-order chi connectivity index (χ1) is 11.7. The van der Waals surface area contributed by atoms with Crippen LogP contribution in [0, 0.1) is 0 Å². The SMILES string of the molecule is CCC(C(=O)N1c2ccccc2CC1C(=O)NC)c1ccccc1. The standard InChI is InChI=1S/C20H22N2O2/c1-3-16(14-9-5-4-6-10-14)20(24)22-17-12-8-7-11-15(17)13-18(22)19(23)21-2/h4-12,16,18H,3,13H2,1-2H3,(H,21,23). The summed E-state index contributed by atoms with van der Waals surface area (Å²) in [7, 11) is 1.61. The van der Waals surface area contributed by atoms with E-state index in [-0.39, 0.29) is 17.7 Å². The lowest BCUT2D eigenvalue weighted by Crippen LogP contribution is -2.48. The molecule has 3 rings (SSSR count). The van der Waals surface area contributed by atoms with Gasteiger partial charge in [0.25, 0.3) is 0 Å². The smallest absolute Gasteiger partial charge is 0.243 e. The minimum Gasteiger partial charge on any atom is -0.357 e. The zero-order chi connectivity index (χ0) is 17.1. The molecule has 0 aliphatic carbocycles. The third-order valence-electron chi connectivity index (χ3n) is 4.67. The fourth-order valence-electron chi connectivity index (χ4n) is 3.44. The Balaban J connectivity index is 2.00. The van der Waals surface area contributed by atoms with Crippen LogP contribution in [0.15, 0.2) is 54.6 Å². The van der Waals surface area contributed by atoms with Gasteiger partial charge in [-0.15, -0.1) is 0 Å². The molecule has 2 atom stereocenters. The van der Waals surface area contributed by atoms with Crippen molar-refractivity contribution in [2.45, 2.75) is 31.7 Å². The number of hydrogen-bond donors (Lipinski definition) is 1. The lowest BCUT2D eigenvalue weighted by molar-refractivity contribution is -0.126. The van der Waals surface area contributed by atoms with Gasteiger partial charge >= 0.3 is 0 Å². The molecule has 4 heteroatoms. The highest BCUT2D eigenvalue weighted by molar-refractivity contribution is 6.06. The average Bonchev–Trinajstić information content (AvgIpc) is 3.02. The zero-order valence-corrected chi connectivity index (χ0v) is 14.0. The third-order valence-corrected chi connectivity index (χ3v) is 4.67. The molecule has 0 radical (unpaired) electrons. The Morgan fingerprint density at radius 1 is 1.12 bits per heavy atom. The van der Waals surface area contributed by atoms with Crippen molar-refractivity contribution in [2.24, 2.45) is 0 Å². The molecule has 2 aromatic rings. The van der Waals surface area contributed by atoms with Crippen LogP contribution >= 0.6 is 0 Å². The topological polar surface area (TPSA) is 49.4 Å². The van der Waals surface area contributed by atoms with Crippen LogP contribution in [0.5, 0.6) is 0 Å². The van der Waals surface area contributed by atoms with Gasteiger partial charge in [0, 0.05) is 19.2 Å². The largest absolute Gasteiger partial charge is 0.357 e. The number of carbonyl (C=O) groups excluding carboxylic acids is 2. The van der Waals surface area contributed by atoms with Gasteiger partial charge in [0.05, 0.1) is 5.92 Å². The van der Waals surface area contributed by atoms with Crippen molar-refractivity contribution in [3.63, 3.8) is 0 Å². The van der Waals surface area contributed by atoms with Gasteiger partial charge in [0.2, 0.25) is 11.8 Å². The first-order valence-corrected chi connectivity index (χ1v) is 8.34. The monoisotopic (exact) mass is 322 g/mol. The molecule has 24 heavy (non-hydrogen) atoms. The number of anilines is 1. The van der Waals surface area contributed by atoms with E-state index in [1.807, 2.05) is 61.5 Å². The summed E-state index contributed by atoms with van der Waals surface area (Å²) in [6, 6.07) is 17.1. The summed E-state index contributed by atoms with van der Waals surface area (Å²) < 4.78 is 0. The molecule has 1 aliphatic heterocycles. The van der Waals surface area contributed by atoms with E-state index in [4.69, 9.17) is 0 Å². The highest BCUT2D eigenvalue weighted by Crippen LogP contribution is 2.35. The number of nitrogens with one attached hydrogen (secondary N) is 1. The van der Waals surface area contributed by atoms with Crippen LogP contribution in [0.1, 0.15) is 30.4 Å². The summed E-state index contributed by atoms with van der Waals surface area (Å²) in [6.45, 7) is 2.01. The number of likely N-dealkylation sites (N-methyl/N-ethyl adjacent to an activating group) is 1. The number of carbonyl (C=O) groups is 2. The van der Waals surface area contributed by atoms with E-state index < -0.39 is 6.04 Å². The van der Waals surface area contributed by atoms with Gasteiger partial charge in [-0.05, 0) is 23.6 Å². The Morgan fingerprint density at radius 3 is 2.46 bits per heavy atom. The number of amides is 2. The first-order valence-electron chi connectivity index (χ1n) is 8.34. The average molecular weight is 322 g/mol. The molecule has 1 heterocycles. The van der Waals surface area contributed by atoms with Crippen molar-refractivity contribution >= 4 is 17.5 Å².